The van der Waals surface area contributed by atoms with Gasteiger partial charge in [0.15, 0.2) is 11.8 Å². The highest BCUT2D eigenvalue weighted by Crippen LogP contribution is 2.26. The van der Waals surface area contributed by atoms with Gasteiger partial charge >= 0.3 is 0 Å². The average Bonchev–Trinajstić information content (AvgIpc) is 2.67. The molecular weight excluding hydrogens is 358 g/mol. The van der Waals surface area contributed by atoms with Crippen molar-refractivity contribution in [1.29, 1.82) is 0 Å². The van der Waals surface area contributed by atoms with Gasteiger partial charge in [0.05, 0.1) is 0 Å². The summed E-state index contributed by atoms with van der Waals surface area (Å²) in [5.41, 5.74) is -0.114. The zero-order chi connectivity index (χ0) is 20.1. The van der Waals surface area contributed by atoms with E-state index in [1.165, 1.54) is 44.4 Å². The van der Waals surface area contributed by atoms with Gasteiger partial charge in [-0.15, -0.1) is 0 Å². The van der Waals surface area contributed by atoms with Crippen molar-refractivity contribution in [3.63, 3.8) is 0 Å². The molecule has 142 valence electrons. The van der Waals surface area contributed by atoms with E-state index < -0.39 is 41.9 Å². The molecule has 0 saturated carbocycles. The monoisotopic (exact) mass is 376 g/mol. The van der Waals surface area contributed by atoms with E-state index in [0.717, 1.165) is 11.0 Å². The molecule has 6 nitrogen and oxygen atoms in total. The zero-order valence-corrected chi connectivity index (χ0v) is 14.7. The van der Waals surface area contributed by atoms with E-state index in [0.29, 0.717) is 0 Å². The Bertz CT molecular complexity index is 870. The van der Waals surface area contributed by atoms with Crippen LogP contribution in [-0.2, 0) is 9.59 Å². The summed E-state index contributed by atoms with van der Waals surface area (Å²) < 4.78 is 28.3. The molecule has 8 heteroatoms. The highest BCUT2D eigenvalue weighted by atomic mass is 19.1. The molecule has 0 heterocycles. The van der Waals surface area contributed by atoms with Crippen molar-refractivity contribution in [2.75, 3.05) is 20.7 Å². The molecule has 2 N–H and O–H groups in total. The number of ketones is 1. The first-order chi connectivity index (χ1) is 12.8. The predicted molar refractivity (Wildman–Crippen MR) is 93.8 cm³/mol. The molecular formula is C19H18F2N2O4. The molecule has 0 radical (unpaired) electrons. The number of Topliss-reactive ketones (excluding diaryl/α,β-unsaturated/α-hetero) is 1. The van der Waals surface area contributed by atoms with Crippen LogP contribution in [-0.4, -0.2) is 54.3 Å². The molecule has 27 heavy (non-hydrogen) atoms. The number of nitrogens with zero attached hydrogens (tertiary/aromatic N) is 1. The van der Waals surface area contributed by atoms with Gasteiger partial charge in [0.25, 0.3) is 5.91 Å². The van der Waals surface area contributed by atoms with Crippen LogP contribution in [0.4, 0.5) is 8.78 Å². The van der Waals surface area contributed by atoms with Gasteiger partial charge < -0.3 is 15.3 Å². The Kier molecular flexibility index (Phi) is 6.36. The standard InChI is InChI=1S/C19H18F2N2O4/c1-22-18(26)17(16(25)10-24)23(2)19(27)11-7-8-13(15(21)9-11)12-5-3-4-6-14(12)20/h3-9,17,24H,10H2,1-2H3,(H,22,26). The summed E-state index contributed by atoms with van der Waals surface area (Å²) in [6, 6.07) is 7.50. The van der Waals surface area contributed by atoms with E-state index >= 15 is 0 Å². The van der Waals surface area contributed by atoms with Crippen LogP contribution < -0.4 is 5.32 Å². The number of nitrogens with one attached hydrogen (secondary N) is 1. The number of hydrogen-bond acceptors (Lipinski definition) is 4. The smallest absolute Gasteiger partial charge is 0.254 e. The van der Waals surface area contributed by atoms with Gasteiger partial charge in [-0.25, -0.2) is 8.78 Å². The molecule has 2 aromatic rings. The van der Waals surface area contributed by atoms with Gasteiger partial charge in [0.2, 0.25) is 5.91 Å². The van der Waals surface area contributed by atoms with Crippen LogP contribution in [0.25, 0.3) is 11.1 Å². The minimum atomic E-state index is -1.55. The van der Waals surface area contributed by atoms with Crippen molar-refractivity contribution in [3.05, 3.63) is 59.7 Å². The summed E-state index contributed by atoms with van der Waals surface area (Å²) in [6.07, 6.45) is 0. The zero-order valence-electron chi connectivity index (χ0n) is 14.7. The summed E-state index contributed by atoms with van der Waals surface area (Å²) in [4.78, 5) is 37.1. The van der Waals surface area contributed by atoms with Gasteiger partial charge in [-0.05, 0) is 18.2 Å². The van der Waals surface area contributed by atoms with Crippen molar-refractivity contribution in [1.82, 2.24) is 10.2 Å². The minimum absolute atomic E-state index is 0.0263. The van der Waals surface area contributed by atoms with Gasteiger partial charge in [0.1, 0.15) is 18.2 Å². The van der Waals surface area contributed by atoms with Crippen LogP contribution in [0.15, 0.2) is 42.5 Å². The summed E-state index contributed by atoms with van der Waals surface area (Å²) in [7, 11) is 2.47. The minimum Gasteiger partial charge on any atom is -0.388 e. The fourth-order valence-electron chi connectivity index (χ4n) is 2.63. The van der Waals surface area contributed by atoms with Crippen LogP contribution in [0.5, 0.6) is 0 Å². The Labute approximate surface area is 154 Å². The lowest BCUT2D eigenvalue weighted by atomic mass is 10.0. The quantitative estimate of drug-likeness (QED) is 0.746. The number of amides is 2. The van der Waals surface area contributed by atoms with E-state index in [-0.39, 0.29) is 16.7 Å². The van der Waals surface area contributed by atoms with Crippen molar-refractivity contribution >= 4 is 17.6 Å². The molecule has 2 amide bonds. The largest absolute Gasteiger partial charge is 0.388 e. The first-order valence-corrected chi connectivity index (χ1v) is 7.98. The number of likely N-dealkylation sites (N-methyl/N-ethyl adjacent to an activating group) is 2. The van der Waals surface area contributed by atoms with Crippen molar-refractivity contribution < 1.29 is 28.3 Å². The fraction of sp³-hybridized carbons (Fsp3) is 0.211. The summed E-state index contributed by atoms with van der Waals surface area (Å²) in [6.45, 7) is -0.934. The van der Waals surface area contributed by atoms with Crippen LogP contribution in [0.1, 0.15) is 10.4 Å². The molecule has 2 rings (SSSR count). The van der Waals surface area contributed by atoms with E-state index in [2.05, 4.69) is 5.32 Å². The molecule has 0 aliphatic heterocycles. The Balaban J connectivity index is 2.36. The van der Waals surface area contributed by atoms with E-state index in [9.17, 15) is 23.2 Å². The molecule has 0 fully saturated rings. The normalized spacial score (nSPS) is 11.6. The molecule has 0 saturated heterocycles. The Morgan fingerprint density at radius 1 is 1.07 bits per heavy atom. The molecule has 0 aromatic heterocycles. The summed E-state index contributed by atoms with van der Waals surface area (Å²) >= 11 is 0. The average molecular weight is 376 g/mol. The highest BCUT2D eigenvalue weighted by molar-refractivity contribution is 6.10. The maximum atomic E-state index is 14.5. The SMILES string of the molecule is CNC(=O)C(C(=O)CO)N(C)C(=O)c1ccc(-c2ccccc2F)c(F)c1. The summed E-state index contributed by atoms with van der Waals surface area (Å²) in [5.74, 6) is -3.91. The molecule has 2 aromatic carbocycles. The molecule has 0 aliphatic carbocycles. The highest BCUT2D eigenvalue weighted by Gasteiger charge is 2.33. The number of benzene rings is 2. The van der Waals surface area contributed by atoms with Crippen LogP contribution in [0, 0.1) is 11.6 Å². The van der Waals surface area contributed by atoms with E-state index in [4.69, 9.17) is 5.11 Å². The maximum absolute atomic E-state index is 14.5. The third kappa shape index (κ3) is 4.17. The van der Waals surface area contributed by atoms with Crippen LogP contribution >= 0.6 is 0 Å². The molecule has 0 spiro atoms. The molecule has 0 aliphatic rings. The lowest BCUT2D eigenvalue weighted by Crippen LogP contribution is -2.52. The van der Waals surface area contributed by atoms with Gasteiger partial charge in [-0.2, -0.15) is 0 Å². The molecule has 1 unspecified atom stereocenters. The lowest BCUT2D eigenvalue weighted by Gasteiger charge is -2.25. The van der Waals surface area contributed by atoms with Crippen molar-refractivity contribution in [3.8, 4) is 11.1 Å². The topological polar surface area (TPSA) is 86.7 Å². The number of carbonyl (C=O) groups is 3. The second-order valence-electron chi connectivity index (χ2n) is 5.73. The van der Waals surface area contributed by atoms with Crippen molar-refractivity contribution in [2.45, 2.75) is 6.04 Å². The predicted octanol–water partition coefficient (Wildman–Crippen LogP) is 1.38. The number of rotatable bonds is 6. The summed E-state index contributed by atoms with van der Waals surface area (Å²) in [5, 5.41) is 11.3. The van der Waals surface area contributed by atoms with Gasteiger partial charge in [-0.1, -0.05) is 24.3 Å². The first kappa shape index (κ1) is 20.2. The third-order valence-corrected chi connectivity index (χ3v) is 4.04. The number of halogens is 2. The number of aliphatic hydroxyl groups excluding tert-OH is 1. The molecule has 1 atom stereocenters. The first-order valence-electron chi connectivity index (χ1n) is 7.98. The third-order valence-electron chi connectivity index (χ3n) is 4.04. The number of hydrogen-bond donors (Lipinski definition) is 2. The second-order valence-corrected chi connectivity index (χ2v) is 5.73. The fourth-order valence-corrected chi connectivity index (χ4v) is 2.63. The van der Waals surface area contributed by atoms with Crippen LogP contribution in [0.3, 0.4) is 0 Å². The van der Waals surface area contributed by atoms with Gasteiger partial charge in [-0.3, -0.25) is 14.4 Å². The Morgan fingerprint density at radius 3 is 2.26 bits per heavy atom. The van der Waals surface area contributed by atoms with E-state index in [1.54, 1.807) is 6.07 Å². The van der Waals surface area contributed by atoms with E-state index in [1.807, 2.05) is 0 Å². The number of carbonyl (C=O) groups excluding carboxylic acids is 3. The Morgan fingerprint density at radius 2 is 1.70 bits per heavy atom. The maximum Gasteiger partial charge on any atom is 0.254 e. The number of aliphatic hydroxyl groups is 1. The van der Waals surface area contributed by atoms with Crippen LogP contribution in [0.2, 0.25) is 0 Å². The second kappa shape index (κ2) is 8.50. The Hall–Kier alpha value is -3.13. The van der Waals surface area contributed by atoms with Crippen molar-refractivity contribution in [2.24, 2.45) is 0 Å². The molecule has 0 bridgehead atoms. The van der Waals surface area contributed by atoms with Gasteiger partial charge in [0, 0.05) is 30.8 Å². The lowest BCUT2D eigenvalue weighted by molar-refractivity contribution is -0.135.